The number of likely N-dealkylation sites (tertiary alicyclic amines) is 1. The lowest BCUT2D eigenvalue weighted by Crippen LogP contribution is -2.38. The predicted octanol–water partition coefficient (Wildman–Crippen LogP) is 2.89. The van der Waals surface area contributed by atoms with Crippen LogP contribution in [-0.4, -0.2) is 40.7 Å². The third kappa shape index (κ3) is 5.42. The summed E-state index contributed by atoms with van der Waals surface area (Å²) in [4.78, 5) is 17.1. The first-order valence-corrected chi connectivity index (χ1v) is 7.77. The second-order valence-corrected chi connectivity index (χ2v) is 6.67. The van der Waals surface area contributed by atoms with Crippen LogP contribution in [0.25, 0.3) is 0 Å². The van der Waals surface area contributed by atoms with E-state index in [1.165, 1.54) is 5.69 Å². The number of H-pyrrole nitrogens is 1. The highest BCUT2D eigenvalue weighted by atomic mass is 16.6. The van der Waals surface area contributed by atoms with Crippen molar-refractivity contribution >= 4 is 6.09 Å². The third-order valence-corrected chi connectivity index (χ3v) is 3.62. The van der Waals surface area contributed by atoms with Gasteiger partial charge in [-0.05, 0) is 52.2 Å². The fraction of sp³-hybridized carbons (Fsp3) is 0.688. The van der Waals surface area contributed by atoms with E-state index in [1.54, 1.807) is 0 Å². The van der Waals surface area contributed by atoms with E-state index in [2.05, 4.69) is 16.4 Å². The highest BCUT2D eigenvalue weighted by Crippen LogP contribution is 2.15. The Hall–Kier alpha value is -1.49. The van der Waals surface area contributed by atoms with Gasteiger partial charge in [-0.25, -0.2) is 4.79 Å². The molecule has 2 N–H and O–H groups in total. The van der Waals surface area contributed by atoms with Gasteiger partial charge in [-0.2, -0.15) is 0 Å². The fourth-order valence-corrected chi connectivity index (χ4v) is 2.54. The van der Waals surface area contributed by atoms with Gasteiger partial charge >= 0.3 is 6.09 Å². The van der Waals surface area contributed by atoms with Gasteiger partial charge in [-0.3, -0.25) is 0 Å². The minimum absolute atomic E-state index is 0.187. The largest absolute Gasteiger partial charge is 0.444 e. The van der Waals surface area contributed by atoms with Crippen LogP contribution in [-0.2, 0) is 11.3 Å². The van der Waals surface area contributed by atoms with Gasteiger partial charge in [-0.1, -0.05) is 0 Å². The quantitative estimate of drug-likeness (QED) is 0.901. The van der Waals surface area contributed by atoms with E-state index in [0.29, 0.717) is 6.04 Å². The van der Waals surface area contributed by atoms with Crippen LogP contribution in [0.2, 0.25) is 0 Å². The summed E-state index contributed by atoms with van der Waals surface area (Å²) in [5, 5.41) is 3.56. The third-order valence-electron chi connectivity index (χ3n) is 3.62. The first kappa shape index (κ1) is 15.9. The van der Waals surface area contributed by atoms with Gasteiger partial charge in [0.15, 0.2) is 0 Å². The van der Waals surface area contributed by atoms with E-state index in [-0.39, 0.29) is 6.09 Å². The van der Waals surface area contributed by atoms with E-state index in [4.69, 9.17) is 4.74 Å². The molecule has 0 saturated carbocycles. The monoisotopic (exact) mass is 293 g/mol. The molecule has 0 radical (unpaired) electrons. The van der Waals surface area contributed by atoms with Crippen molar-refractivity contribution in [1.82, 2.24) is 15.2 Å². The highest BCUT2D eigenvalue weighted by molar-refractivity contribution is 5.68. The number of aromatic nitrogens is 1. The van der Waals surface area contributed by atoms with E-state index in [1.807, 2.05) is 37.9 Å². The van der Waals surface area contributed by atoms with Gasteiger partial charge < -0.3 is 19.9 Å². The number of carbonyl (C=O) groups excluding carboxylic acids is 1. The van der Waals surface area contributed by atoms with Crippen LogP contribution in [0.4, 0.5) is 4.79 Å². The molecule has 0 aromatic carbocycles. The number of rotatable bonds is 3. The Bertz CT molecular complexity index is 437. The van der Waals surface area contributed by atoms with Crippen molar-refractivity contribution < 1.29 is 9.53 Å². The second-order valence-electron chi connectivity index (χ2n) is 6.67. The maximum atomic E-state index is 12.1. The summed E-state index contributed by atoms with van der Waals surface area (Å²) in [6, 6.07) is 4.55. The number of nitrogens with zero attached hydrogens (tertiary/aromatic N) is 1. The first-order chi connectivity index (χ1) is 9.94. The van der Waals surface area contributed by atoms with Crippen LogP contribution in [0.1, 0.15) is 45.7 Å². The van der Waals surface area contributed by atoms with Crippen molar-refractivity contribution in [3.05, 3.63) is 24.0 Å². The molecule has 1 aromatic rings. The minimum atomic E-state index is -0.422. The Labute approximate surface area is 127 Å². The standard InChI is InChI=1S/C16H27N3O2/c1-16(2,3)21-15(20)19-10-5-7-13(8-11-19)18-12-14-6-4-9-17-14/h4,6,9,13,17-18H,5,7-8,10-12H2,1-3H3. The van der Waals surface area contributed by atoms with Gasteiger partial charge in [0.05, 0.1) is 0 Å². The van der Waals surface area contributed by atoms with Crippen molar-refractivity contribution in [1.29, 1.82) is 0 Å². The summed E-state index contributed by atoms with van der Waals surface area (Å²) in [5.74, 6) is 0. The van der Waals surface area contributed by atoms with Crippen LogP contribution in [0.3, 0.4) is 0 Å². The van der Waals surface area contributed by atoms with E-state index in [9.17, 15) is 4.79 Å². The van der Waals surface area contributed by atoms with E-state index in [0.717, 1.165) is 38.9 Å². The molecule has 0 aliphatic carbocycles. The van der Waals surface area contributed by atoms with E-state index >= 15 is 0 Å². The summed E-state index contributed by atoms with van der Waals surface area (Å²) in [6.07, 6.45) is 4.84. The van der Waals surface area contributed by atoms with Crippen molar-refractivity contribution in [2.75, 3.05) is 13.1 Å². The zero-order valence-electron chi connectivity index (χ0n) is 13.3. The molecule has 1 aromatic heterocycles. The van der Waals surface area contributed by atoms with Crippen LogP contribution in [0.5, 0.6) is 0 Å². The number of nitrogens with one attached hydrogen (secondary N) is 2. The van der Waals surface area contributed by atoms with E-state index < -0.39 is 5.60 Å². The summed E-state index contributed by atoms with van der Waals surface area (Å²) >= 11 is 0. The molecule has 0 spiro atoms. The summed E-state index contributed by atoms with van der Waals surface area (Å²) in [6.45, 7) is 8.12. The molecule has 5 heteroatoms. The van der Waals surface area contributed by atoms with Crippen LogP contribution < -0.4 is 5.32 Å². The summed E-state index contributed by atoms with van der Waals surface area (Å²) in [5.41, 5.74) is 0.775. The van der Waals surface area contributed by atoms with Gasteiger partial charge in [-0.15, -0.1) is 0 Å². The molecule has 2 rings (SSSR count). The van der Waals surface area contributed by atoms with Crippen molar-refractivity contribution in [2.45, 2.75) is 58.2 Å². The Morgan fingerprint density at radius 1 is 1.43 bits per heavy atom. The maximum absolute atomic E-state index is 12.1. The highest BCUT2D eigenvalue weighted by Gasteiger charge is 2.24. The molecule has 1 saturated heterocycles. The molecule has 21 heavy (non-hydrogen) atoms. The first-order valence-electron chi connectivity index (χ1n) is 7.77. The minimum Gasteiger partial charge on any atom is -0.444 e. The Kier molecular flexibility index (Phi) is 5.28. The van der Waals surface area contributed by atoms with Gasteiger partial charge in [0.2, 0.25) is 0 Å². The molecule has 1 aliphatic heterocycles. The Balaban J connectivity index is 1.77. The van der Waals surface area contributed by atoms with Gasteiger partial charge in [0.25, 0.3) is 0 Å². The lowest BCUT2D eigenvalue weighted by atomic mass is 10.1. The fourth-order valence-electron chi connectivity index (χ4n) is 2.54. The molecule has 1 atom stereocenters. The van der Waals surface area contributed by atoms with Crippen molar-refractivity contribution in [3.8, 4) is 0 Å². The molecule has 1 fully saturated rings. The van der Waals surface area contributed by atoms with Gasteiger partial charge in [0, 0.05) is 37.6 Å². The summed E-state index contributed by atoms with van der Waals surface area (Å²) in [7, 11) is 0. The smallest absolute Gasteiger partial charge is 0.410 e. The zero-order valence-corrected chi connectivity index (χ0v) is 13.3. The molecule has 1 aliphatic rings. The van der Waals surface area contributed by atoms with Crippen molar-refractivity contribution in [3.63, 3.8) is 0 Å². The topological polar surface area (TPSA) is 57.4 Å². The Morgan fingerprint density at radius 3 is 2.90 bits per heavy atom. The lowest BCUT2D eigenvalue weighted by Gasteiger charge is -2.26. The van der Waals surface area contributed by atoms with Gasteiger partial charge in [0.1, 0.15) is 5.60 Å². The zero-order chi connectivity index (χ0) is 15.3. The number of hydrogen-bond acceptors (Lipinski definition) is 3. The maximum Gasteiger partial charge on any atom is 0.410 e. The lowest BCUT2D eigenvalue weighted by molar-refractivity contribution is 0.0256. The van der Waals surface area contributed by atoms with Crippen LogP contribution in [0, 0.1) is 0 Å². The van der Waals surface area contributed by atoms with Crippen LogP contribution >= 0.6 is 0 Å². The average Bonchev–Trinajstić information content (AvgIpc) is 2.78. The molecular formula is C16H27N3O2. The molecule has 1 unspecified atom stereocenters. The normalized spacial score (nSPS) is 20.1. The number of hydrogen-bond donors (Lipinski definition) is 2. The predicted molar refractivity (Wildman–Crippen MR) is 83.1 cm³/mol. The van der Waals surface area contributed by atoms with Crippen LogP contribution in [0.15, 0.2) is 18.3 Å². The number of ether oxygens (including phenoxy) is 1. The molecular weight excluding hydrogens is 266 g/mol. The molecule has 5 nitrogen and oxygen atoms in total. The second kappa shape index (κ2) is 6.98. The SMILES string of the molecule is CC(C)(C)OC(=O)N1CCCC(NCc2ccc[nH]2)CC1. The number of carbonyl (C=O) groups is 1. The number of amides is 1. The summed E-state index contributed by atoms with van der Waals surface area (Å²) < 4.78 is 5.45. The molecule has 0 bridgehead atoms. The Morgan fingerprint density at radius 2 is 2.24 bits per heavy atom. The number of aromatic amines is 1. The van der Waals surface area contributed by atoms with Crippen molar-refractivity contribution in [2.24, 2.45) is 0 Å². The average molecular weight is 293 g/mol. The molecule has 118 valence electrons. The molecule has 2 heterocycles. The molecule has 1 amide bonds.